The van der Waals surface area contributed by atoms with Crippen molar-refractivity contribution in [2.75, 3.05) is 26.2 Å². The summed E-state index contributed by atoms with van der Waals surface area (Å²) in [6, 6.07) is 0.333. The van der Waals surface area contributed by atoms with Gasteiger partial charge in [0.15, 0.2) is 0 Å². The fourth-order valence-electron chi connectivity index (χ4n) is 2.55. The van der Waals surface area contributed by atoms with Crippen LogP contribution in [0.15, 0.2) is 0 Å². The first-order chi connectivity index (χ1) is 7.11. The van der Waals surface area contributed by atoms with Crippen LogP contribution in [0.4, 0.5) is 4.79 Å². The predicted octanol–water partition coefficient (Wildman–Crippen LogP) is 0.790. The molecule has 2 N–H and O–H groups in total. The maximum absolute atomic E-state index is 11.7. The number of rotatable bonds is 1. The number of nitrogens with one attached hydrogen (secondary N) is 2. The molecule has 2 aliphatic rings. The molecule has 0 aromatic rings. The van der Waals surface area contributed by atoms with E-state index in [1.54, 1.807) is 0 Å². The van der Waals surface area contributed by atoms with Crippen LogP contribution in [0.5, 0.6) is 0 Å². The van der Waals surface area contributed by atoms with E-state index in [4.69, 9.17) is 0 Å². The van der Waals surface area contributed by atoms with Gasteiger partial charge in [0.1, 0.15) is 0 Å². The topological polar surface area (TPSA) is 44.4 Å². The quantitative estimate of drug-likeness (QED) is 0.673. The van der Waals surface area contributed by atoms with Gasteiger partial charge in [-0.2, -0.15) is 0 Å². The van der Waals surface area contributed by atoms with Crippen LogP contribution in [0.1, 0.15) is 26.7 Å². The zero-order valence-corrected chi connectivity index (χ0v) is 9.68. The lowest BCUT2D eigenvalue weighted by Gasteiger charge is -2.52. The summed E-state index contributed by atoms with van der Waals surface area (Å²) in [6.45, 7) is 8.07. The number of carbonyl (C=O) groups excluding carboxylic acids is 1. The molecule has 1 spiro atoms. The molecule has 2 rings (SSSR count). The van der Waals surface area contributed by atoms with Gasteiger partial charge in [0.2, 0.25) is 0 Å². The maximum Gasteiger partial charge on any atom is 0.317 e. The van der Waals surface area contributed by atoms with Crippen molar-refractivity contribution in [3.05, 3.63) is 0 Å². The van der Waals surface area contributed by atoms with Gasteiger partial charge in [-0.05, 0) is 33.2 Å². The van der Waals surface area contributed by atoms with Gasteiger partial charge in [0.05, 0.1) is 0 Å². The third-order valence-corrected chi connectivity index (χ3v) is 3.31. The first kappa shape index (κ1) is 10.7. The number of nitrogens with zero attached hydrogens (tertiary/aromatic N) is 1. The smallest absolute Gasteiger partial charge is 0.317 e. The summed E-state index contributed by atoms with van der Waals surface area (Å²) in [6.07, 6.45) is 2.52. The van der Waals surface area contributed by atoms with Crippen molar-refractivity contribution in [2.45, 2.75) is 32.7 Å². The molecule has 0 aliphatic carbocycles. The molecular formula is C11H21N3O. The third kappa shape index (κ3) is 2.25. The summed E-state index contributed by atoms with van der Waals surface area (Å²) >= 11 is 0. The van der Waals surface area contributed by atoms with Crippen molar-refractivity contribution in [3.63, 3.8) is 0 Å². The Balaban J connectivity index is 1.79. The second-order valence-electron chi connectivity index (χ2n) is 5.24. The Bertz CT molecular complexity index is 238. The lowest BCUT2D eigenvalue weighted by Crippen LogP contribution is -2.65. The molecule has 0 aromatic carbocycles. The van der Waals surface area contributed by atoms with Crippen LogP contribution in [0.25, 0.3) is 0 Å². The summed E-state index contributed by atoms with van der Waals surface area (Å²) in [7, 11) is 0. The summed E-state index contributed by atoms with van der Waals surface area (Å²) in [4.78, 5) is 13.6. The number of carbonyl (C=O) groups is 1. The fourth-order valence-corrected chi connectivity index (χ4v) is 2.55. The molecule has 86 valence electrons. The minimum absolute atomic E-state index is 0.0983. The number of hydrogen-bond acceptors (Lipinski definition) is 2. The van der Waals surface area contributed by atoms with E-state index in [2.05, 4.69) is 10.6 Å². The lowest BCUT2D eigenvalue weighted by atomic mass is 9.74. The SMILES string of the molecule is CC(C)NC(=O)N1CC2(CCCNC2)C1. The van der Waals surface area contributed by atoms with Crippen LogP contribution in [0.3, 0.4) is 0 Å². The van der Waals surface area contributed by atoms with E-state index in [0.29, 0.717) is 5.41 Å². The molecule has 0 bridgehead atoms. The molecule has 0 radical (unpaired) electrons. The zero-order valence-electron chi connectivity index (χ0n) is 9.68. The largest absolute Gasteiger partial charge is 0.336 e. The van der Waals surface area contributed by atoms with Crippen LogP contribution in [-0.4, -0.2) is 43.2 Å². The monoisotopic (exact) mass is 211 g/mol. The molecule has 15 heavy (non-hydrogen) atoms. The molecular weight excluding hydrogens is 190 g/mol. The van der Waals surface area contributed by atoms with Crippen molar-refractivity contribution in [1.82, 2.24) is 15.5 Å². The summed E-state index contributed by atoms with van der Waals surface area (Å²) in [5.41, 5.74) is 0.395. The Morgan fingerprint density at radius 1 is 1.47 bits per heavy atom. The second-order valence-corrected chi connectivity index (χ2v) is 5.24. The van der Waals surface area contributed by atoms with Crippen molar-refractivity contribution >= 4 is 6.03 Å². The van der Waals surface area contributed by atoms with Crippen LogP contribution in [0.2, 0.25) is 0 Å². The Kier molecular flexibility index (Phi) is 2.87. The highest BCUT2D eigenvalue weighted by molar-refractivity contribution is 5.75. The Morgan fingerprint density at radius 3 is 2.73 bits per heavy atom. The first-order valence-electron chi connectivity index (χ1n) is 5.87. The van der Waals surface area contributed by atoms with Gasteiger partial charge in [0, 0.05) is 31.1 Å². The van der Waals surface area contributed by atoms with Gasteiger partial charge in [0.25, 0.3) is 0 Å². The van der Waals surface area contributed by atoms with Crippen molar-refractivity contribution < 1.29 is 4.79 Å². The molecule has 2 heterocycles. The van der Waals surface area contributed by atoms with E-state index in [9.17, 15) is 4.79 Å². The van der Waals surface area contributed by atoms with Crippen molar-refractivity contribution in [3.8, 4) is 0 Å². The fraction of sp³-hybridized carbons (Fsp3) is 0.909. The van der Waals surface area contributed by atoms with Gasteiger partial charge in [-0.25, -0.2) is 4.79 Å². The van der Waals surface area contributed by atoms with Crippen LogP contribution in [0, 0.1) is 5.41 Å². The minimum atomic E-state index is 0.0983. The molecule has 0 atom stereocenters. The second kappa shape index (κ2) is 4.00. The molecule has 0 unspecified atom stereocenters. The molecule has 0 aromatic heterocycles. The van der Waals surface area contributed by atoms with Gasteiger partial charge in [-0.3, -0.25) is 0 Å². The van der Waals surface area contributed by atoms with E-state index >= 15 is 0 Å². The Labute approximate surface area is 91.4 Å². The normalized spacial score (nSPS) is 24.1. The molecule has 2 saturated heterocycles. The molecule has 0 saturated carbocycles. The van der Waals surface area contributed by atoms with Crippen LogP contribution >= 0.6 is 0 Å². The van der Waals surface area contributed by atoms with Gasteiger partial charge >= 0.3 is 6.03 Å². The molecule has 2 aliphatic heterocycles. The number of amides is 2. The van der Waals surface area contributed by atoms with Gasteiger partial charge in [-0.15, -0.1) is 0 Å². The number of piperidine rings is 1. The summed E-state index contributed by atoms with van der Waals surface area (Å²) < 4.78 is 0. The zero-order chi connectivity index (χ0) is 10.9. The average Bonchev–Trinajstić information content (AvgIpc) is 2.14. The minimum Gasteiger partial charge on any atom is -0.336 e. The van der Waals surface area contributed by atoms with Crippen LogP contribution in [-0.2, 0) is 0 Å². The molecule has 2 amide bonds. The molecule has 4 nitrogen and oxygen atoms in total. The van der Waals surface area contributed by atoms with E-state index in [0.717, 1.165) is 26.2 Å². The molecule has 4 heteroatoms. The highest BCUT2D eigenvalue weighted by Crippen LogP contribution is 2.36. The number of urea groups is 1. The van der Waals surface area contributed by atoms with E-state index in [-0.39, 0.29) is 12.1 Å². The van der Waals surface area contributed by atoms with E-state index < -0.39 is 0 Å². The number of hydrogen-bond donors (Lipinski definition) is 2. The number of likely N-dealkylation sites (tertiary alicyclic amines) is 1. The highest BCUT2D eigenvalue weighted by atomic mass is 16.2. The summed E-state index contributed by atoms with van der Waals surface area (Å²) in [5, 5.41) is 6.35. The highest BCUT2D eigenvalue weighted by Gasteiger charge is 2.45. The first-order valence-corrected chi connectivity index (χ1v) is 5.87. The van der Waals surface area contributed by atoms with Crippen molar-refractivity contribution in [1.29, 1.82) is 0 Å². The van der Waals surface area contributed by atoms with E-state index in [1.807, 2.05) is 18.7 Å². The standard InChI is InChI=1S/C11H21N3O/c1-9(2)13-10(15)14-7-11(8-14)4-3-5-12-6-11/h9,12H,3-8H2,1-2H3,(H,13,15). The van der Waals surface area contributed by atoms with Gasteiger partial charge < -0.3 is 15.5 Å². The maximum atomic E-state index is 11.7. The molecule has 2 fully saturated rings. The lowest BCUT2D eigenvalue weighted by molar-refractivity contribution is 0.0112. The third-order valence-electron chi connectivity index (χ3n) is 3.31. The predicted molar refractivity (Wildman–Crippen MR) is 59.8 cm³/mol. The average molecular weight is 211 g/mol. The van der Waals surface area contributed by atoms with Crippen LogP contribution < -0.4 is 10.6 Å². The van der Waals surface area contributed by atoms with Gasteiger partial charge in [-0.1, -0.05) is 0 Å². The van der Waals surface area contributed by atoms with E-state index in [1.165, 1.54) is 12.8 Å². The Hall–Kier alpha value is -0.770. The van der Waals surface area contributed by atoms with Crippen molar-refractivity contribution in [2.24, 2.45) is 5.41 Å². The Morgan fingerprint density at radius 2 is 2.20 bits per heavy atom. The summed E-state index contributed by atoms with van der Waals surface area (Å²) in [5.74, 6) is 0.